The molecule has 0 saturated heterocycles. The average molecular weight is 375 g/mol. The fourth-order valence-corrected chi connectivity index (χ4v) is 4.74. The van der Waals surface area contributed by atoms with E-state index in [0.717, 1.165) is 17.8 Å². The lowest BCUT2D eigenvalue weighted by Crippen LogP contribution is -2.02. The number of benzene rings is 2. The van der Waals surface area contributed by atoms with Crippen LogP contribution in [-0.2, 0) is 19.3 Å². The molecule has 0 spiro atoms. The van der Waals surface area contributed by atoms with Gasteiger partial charge in [0.25, 0.3) is 0 Å². The Kier molecular flexibility index (Phi) is 5.22. The molecule has 1 aromatic heterocycles. The van der Waals surface area contributed by atoms with Crippen LogP contribution in [0.15, 0.2) is 40.7 Å². The Morgan fingerprint density at radius 2 is 1.85 bits per heavy atom. The van der Waals surface area contributed by atoms with Crippen molar-refractivity contribution >= 4 is 23.2 Å². The van der Waals surface area contributed by atoms with Gasteiger partial charge in [0.15, 0.2) is 0 Å². The molecule has 1 aliphatic rings. The predicted octanol–water partition coefficient (Wildman–Crippen LogP) is 6.62. The van der Waals surface area contributed by atoms with E-state index in [4.69, 9.17) is 4.98 Å². The lowest BCUT2D eigenvalue weighted by atomic mass is 9.90. The molecular formula is C24H26N2S. The molecule has 3 heteroatoms. The molecule has 138 valence electrons. The SMILES string of the molecule is CC=Nc1cc(C)c(Cc2nc(-c3ccc4c(c3)CCCC4)cs2)cc1C. The second kappa shape index (κ2) is 7.77. The van der Waals surface area contributed by atoms with Gasteiger partial charge in [0, 0.05) is 23.6 Å². The molecule has 2 nitrogen and oxygen atoms in total. The molecule has 0 saturated carbocycles. The van der Waals surface area contributed by atoms with E-state index in [1.165, 1.54) is 64.1 Å². The zero-order chi connectivity index (χ0) is 18.8. The fraction of sp³-hybridized carbons (Fsp3) is 0.333. The third-order valence-corrected chi connectivity index (χ3v) is 6.31. The second-order valence-corrected chi connectivity index (χ2v) is 8.39. The van der Waals surface area contributed by atoms with Crippen molar-refractivity contribution in [2.24, 2.45) is 4.99 Å². The third-order valence-electron chi connectivity index (χ3n) is 5.46. The van der Waals surface area contributed by atoms with Gasteiger partial charge >= 0.3 is 0 Å². The van der Waals surface area contributed by atoms with Gasteiger partial charge in [0.1, 0.15) is 0 Å². The van der Waals surface area contributed by atoms with E-state index in [9.17, 15) is 0 Å². The molecule has 1 heterocycles. The summed E-state index contributed by atoms with van der Waals surface area (Å²) in [4.78, 5) is 9.40. The van der Waals surface area contributed by atoms with Crippen LogP contribution in [0, 0.1) is 13.8 Å². The van der Waals surface area contributed by atoms with Crippen LogP contribution in [0.2, 0.25) is 0 Å². The molecule has 4 rings (SSSR count). The van der Waals surface area contributed by atoms with E-state index in [1.54, 1.807) is 11.3 Å². The maximum absolute atomic E-state index is 4.94. The van der Waals surface area contributed by atoms with E-state index in [-0.39, 0.29) is 0 Å². The zero-order valence-electron chi connectivity index (χ0n) is 16.4. The van der Waals surface area contributed by atoms with Crippen molar-refractivity contribution in [3.05, 3.63) is 68.5 Å². The van der Waals surface area contributed by atoms with Crippen molar-refractivity contribution in [2.75, 3.05) is 0 Å². The number of hydrogen-bond acceptors (Lipinski definition) is 3. The number of rotatable bonds is 4. The van der Waals surface area contributed by atoms with E-state index in [2.05, 4.69) is 54.6 Å². The smallest absolute Gasteiger partial charge is 0.0976 e. The van der Waals surface area contributed by atoms with Gasteiger partial charge in [-0.15, -0.1) is 11.3 Å². The van der Waals surface area contributed by atoms with Gasteiger partial charge in [-0.2, -0.15) is 0 Å². The summed E-state index contributed by atoms with van der Waals surface area (Å²) in [6.45, 7) is 6.26. The molecule has 2 aromatic carbocycles. The summed E-state index contributed by atoms with van der Waals surface area (Å²) < 4.78 is 0. The highest BCUT2D eigenvalue weighted by Gasteiger charge is 2.13. The lowest BCUT2D eigenvalue weighted by molar-refractivity contribution is 0.686. The van der Waals surface area contributed by atoms with Gasteiger partial charge in [-0.25, -0.2) is 4.98 Å². The summed E-state index contributed by atoms with van der Waals surface area (Å²) in [5, 5.41) is 3.38. The molecule has 1 aliphatic carbocycles. The quantitative estimate of drug-likeness (QED) is 0.471. The summed E-state index contributed by atoms with van der Waals surface area (Å²) in [5.74, 6) is 0. The van der Waals surface area contributed by atoms with Crippen LogP contribution in [-0.4, -0.2) is 11.2 Å². The summed E-state index contributed by atoms with van der Waals surface area (Å²) in [6, 6.07) is 11.4. The number of nitrogens with zero attached hydrogens (tertiary/aromatic N) is 2. The Bertz CT molecular complexity index is 998. The molecule has 0 N–H and O–H groups in total. The molecule has 0 fully saturated rings. The maximum atomic E-state index is 4.94. The summed E-state index contributed by atoms with van der Waals surface area (Å²) >= 11 is 1.76. The molecule has 0 radical (unpaired) electrons. The fourth-order valence-electron chi connectivity index (χ4n) is 3.91. The van der Waals surface area contributed by atoms with Crippen LogP contribution in [0.3, 0.4) is 0 Å². The first-order chi connectivity index (χ1) is 13.1. The minimum Gasteiger partial charge on any atom is -0.261 e. The van der Waals surface area contributed by atoms with Crippen molar-refractivity contribution in [1.82, 2.24) is 4.98 Å². The maximum Gasteiger partial charge on any atom is 0.0976 e. The summed E-state index contributed by atoms with van der Waals surface area (Å²) in [7, 11) is 0. The Hall–Kier alpha value is -2.26. The molecule has 0 bridgehead atoms. The highest BCUT2D eigenvalue weighted by atomic mass is 32.1. The first kappa shape index (κ1) is 18.1. The highest BCUT2D eigenvalue weighted by molar-refractivity contribution is 7.10. The standard InChI is InChI=1S/C24H26N2S/c1-4-25-22-12-16(2)21(11-17(22)3)14-24-26-23(15-27-24)20-10-9-18-7-5-6-8-19(18)13-20/h4,9-13,15H,5-8,14H2,1-3H3. The van der Waals surface area contributed by atoms with Crippen LogP contribution >= 0.6 is 11.3 Å². The Morgan fingerprint density at radius 3 is 2.67 bits per heavy atom. The third kappa shape index (κ3) is 3.89. The molecule has 0 aliphatic heterocycles. The first-order valence-corrected chi connectivity index (χ1v) is 10.7. The van der Waals surface area contributed by atoms with Crippen molar-refractivity contribution in [2.45, 2.75) is 52.9 Å². The Labute approximate surface area is 166 Å². The summed E-state index contributed by atoms with van der Waals surface area (Å²) in [6.07, 6.45) is 7.83. The second-order valence-electron chi connectivity index (χ2n) is 7.45. The van der Waals surface area contributed by atoms with Crippen LogP contribution in [0.1, 0.15) is 52.6 Å². The Morgan fingerprint density at radius 1 is 1.04 bits per heavy atom. The van der Waals surface area contributed by atoms with Crippen LogP contribution in [0.4, 0.5) is 5.69 Å². The van der Waals surface area contributed by atoms with Crippen LogP contribution in [0.5, 0.6) is 0 Å². The number of aromatic nitrogens is 1. The minimum absolute atomic E-state index is 0.887. The number of aliphatic imine (C=N–C) groups is 1. The highest BCUT2D eigenvalue weighted by Crippen LogP contribution is 2.30. The van der Waals surface area contributed by atoms with Gasteiger partial charge in [-0.3, -0.25) is 4.99 Å². The average Bonchev–Trinajstić information content (AvgIpc) is 3.14. The number of thiazole rings is 1. The van der Waals surface area contributed by atoms with Gasteiger partial charge in [-0.05, 0) is 86.4 Å². The number of hydrogen-bond donors (Lipinski definition) is 0. The largest absolute Gasteiger partial charge is 0.261 e. The van der Waals surface area contributed by atoms with Crippen molar-refractivity contribution in [3.63, 3.8) is 0 Å². The van der Waals surface area contributed by atoms with E-state index < -0.39 is 0 Å². The first-order valence-electron chi connectivity index (χ1n) is 9.79. The molecule has 27 heavy (non-hydrogen) atoms. The topological polar surface area (TPSA) is 25.2 Å². The van der Waals surface area contributed by atoms with Crippen molar-refractivity contribution in [1.29, 1.82) is 0 Å². The van der Waals surface area contributed by atoms with E-state index in [1.807, 2.05) is 13.1 Å². The zero-order valence-corrected chi connectivity index (χ0v) is 17.2. The molecular weight excluding hydrogens is 348 g/mol. The van der Waals surface area contributed by atoms with Gasteiger partial charge in [-0.1, -0.05) is 18.2 Å². The Balaban J connectivity index is 1.58. The molecule has 0 unspecified atom stereocenters. The van der Waals surface area contributed by atoms with Crippen molar-refractivity contribution in [3.8, 4) is 11.3 Å². The van der Waals surface area contributed by atoms with Gasteiger partial charge in [0.05, 0.1) is 16.4 Å². The van der Waals surface area contributed by atoms with E-state index in [0.29, 0.717) is 0 Å². The number of aryl methyl sites for hydroxylation is 4. The lowest BCUT2D eigenvalue weighted by Gasteiger charge is -2.16. The monoisotopic (exact) mass is 374 g/mol. The van der Waals surface area contributed by atoms with Crippen LogP contribution in [0.25, 0.3) is 11.3 Å². The van der Waals surface area contributed by atoms with Crippen LogP contribution < -0.4 is 0 Å². The van der Waals surface area contributed by atoms with Crippen molar-refractivity contribution < 1.29 is 0 Å². The normalized spacial score (nSPS) is 13.9. The molecule has 0 amide bonds. The molecule has 0 atom stereocenters. The van der Waals surface area contributed by atoms with E-state index >= 15 is 0 Å². The number of fused-ring (bicyclic) bond motifs is 1. The van der Waals surface area contributed by atoms with Gasteiger partial charge in [0.2, 0.25) is 0 Å². The summed E-state index contributed by atoms with van der Waals surface area (Å²) in [5.41, 5.74) is 10.3. The van der Waals surface area contributed by atoms with Gasteiger partial charge < -0.3 is 0 Å². The molecule has 3 aromatic rings. The predicted molar refractivity (Wildman–Crippen MR) is 117 cm³/mol. The minimum atomic E-state index is 0.887.